The number of hydrazone groups is 1. The summed E-state index contributed by atoms with van der Waals surface area (Å²) in [4.78, 5) is 28.5. The predicted molar refractivity (Wildman–Crippen MR) is 136 cm³/mol. The Labute approximate surface area is 203 Å². The minimum atomic E-state index is -0.264. The summed E-state index contributed by atoms with van der Waals surface area (Å²) < 4.78 is 5.30. The van der Waals surface area contributed by atoms with E-state index in [4.69, 9.17) is 9.84 Å². The van der Waals surface area contributed by atoms with Gasteiger partial charge >= 0.3 is 0 Å². The Morgan fingerprint density at radius 1 is 0.943 bits per heavy atom. The second-order valence-electron chi connectivity index (χ2n) is 8.72. The van der Waals surface area contributed by atoms with Crippen molar-refractivity contribution in [3.05, 3.63) is 108 Å². The Hall–Kier alpha value is -4.45. The fourth-order valence-corrected chi connectivity index (χ4v) is 4.97. The van der Waals surface area contributed by atoms with Gasteiger partial charge in [-0.1, -0.05) is 66.7 Å². The molecular formula is C29H23N3O3. The Balaban J connectivity index is 1.34. The van der Waals surface area contributed by atoms with E-state index in [0.29, 0.717) is 12.0 Å². The molecule has 6 rings (SSSR count). The third-order valence-electron chi connectivity index (χ3n) is 6.72. The Morgan fingerprint density at radius 2 is 1.69 bits per heavy atom. The Kier molecular flexibility index (Phi) is 5.07. The summed E-state index contributed by atoms with van der Waals surface area (Å²) >= 11 is 0. The van der Waals surface area contributed by atoms with Crippen molar-refractivity contribution in [3.8, 4) is 5.75 Å². The molecule has 4 aromatic carbocycles. The first-order chi connectivity index (χ1) is 17.1. The second kappa shape index (κ2) is 8.40. The van der Waals surface area contributed by atoms with Crippen LogP contribution in [0.3, 0.4) is 0 Å². The van der Waals surface area contributed by atoms with Crippen molar-refractivity contribution in [2.75, 3.05) is 18.6 Å². The fraction of sp³-hybridized carbons (Fsp3) is 0.138. The third kappa shape index (κ3) is 3.54. The van der Waals surface area contributed by atoms with Crippen LogP contribution in [0.2, 0.25) is 0 Å². The summed E-state index contributed by atoms with van der Waals surface area (Å²) in [6, 6.07) is 28.8. The van der Waals surface area contributed by atoms with Crippen LogP contribution < -0.4 is 9.64 Å². The van der Waals surface area contributed by atoms with Crippen molar-refractivity contribution in [2.45, 2.75) is 12.5 Å². The third-order valence-corrected chi connectivity index (χ3v) is 6.72. The van der Waals surface area contributed by atoms with Crippen LogP contribution in [0.4, 0.5) is 5.69 Å². The van der Waals surface area contributed by atoms with E-state index in [9.17, 15) is 9.59 Å². The molecule has 0 radical (unpaired) electrons. The molecule has 35 heavy (non-hydrogen) atoms. The van der Waals surface area contributed by atoms with Crippen molar-refractivity contribution < 1.29 is 14.3 Å². The van der Waals surface area contributed by atoms with Crippen LogP contribution in [0.1, 0.15) is 33.9 Å². The molecule has 2 aliphatic rings. The van der Waals surface area contributed by atoms with E-state index in [1.54, 1.807) is 17.0 Å². The minimum Gasteiger partial charge on any atom is -0.497 e. The molecule has 2 heterocycles. The highest BCUT2D eigenvalue weighted by atomic mass is 16.5. The topological polar surface area (TPSA) is 62.2 Å². The van der Waals surface area contributed by atoms with Gasteiger partial charge in [-0.2, -0.15) is 5.10 Å². The maximum atomic E-state index is 13.7. The summed E-state index contributed by atoms with van der Waals surface area (Å²) in [5.41, 5.74) is 4.19. The van der Waals surface area contributed by atoms with E-state index < -0.39 is 0 Å². The molecule has 6 heteroatoms. The van der Waals surface area contributed by atoms with Gasteiger partial charge in [-0.15, -0.1) is 0 Å². The van der Waals surface area contributed by atoms with Crippen molar-refractivity contribution >= 4 is 34.0 Å². The summed E-state index contributed by atoms with van der Waals surface area (Å²) in [6.45, 7) is -0.0785. The van der Waals surface area contributed by atoms with Gasteiger partial charge in [0.1, 0.15) is 12.3 Å². The molecule has 0 aromatic heterocycles. The summed E-state index contributed by atoms with van der Waals surface area (Å²) in [5, 5.41) is 8.19. The molecule has 2 aliphatic heterocycles. The van der Waals surface area contributed by atoms with Gasteiger partial charge in [-0.25, -0.2) is 5.01 Å². The van der Waals surface area contributed by atoms with Gasteiger partial charge in [-0.05, 0) is 40.8 Å². The van der Waals surface area contributed by atoms with E-state index in [1.165, 1.54) is 0 Å². The van der Waals surface area contributed by atoms with E-state index in [2.05, 4.69) is 0 Å². The molecule has 0 unspecified atom stereocenters. The molecule has 0 saturated heterocycles. The number of ether oxygens (including phenoxy) is 1. The quantitative estimate of drug-likeness (QED) is 0.411. The fourth-order valence-electron chi connectivity index (χ4n) is 4.97. The Morgan fingerprint density at radius 3 is 2.43 bits per heavy atom. The maximum absolute atomic E-state index is 13.7. The van der Waals surface area contributed by atoms with Gasteiger partial charge in [-0.3, -0.25) is 14.5 Å². The average Bonchev–Trinajstić information content (AvgIpc) is 3.47. The molecule has 0 fully saturated rings. The molecular weight excluding hydrogens is 438 g/mol. The van der Waals surface area contributed by atoms with Crippen LogP contribution in [0, 0.1) is 0 Å². The lowest BCUT2D eigenvalue weighted by atomic mass is 9.98. The van der Waals surface area contributed by atoms with E-state index in [-0.39, 0.29) is 24.4 Å². The van der Waals surface area contributed by atoms with Gasteiger partial charge in [0.15, 0.2) is 0 Å². The van der Waals surface area contributed by atoms with Crippen LogP contribution in [0.5, 0.6) is 5.75 Å². The smallest absolute Gasteiger partial charge is 0.263 e. The van der Waals surface area contributed by atoms with Crippen LogP contribution >= 0.6 is 0 Å². The number of anilines is 1. The molecule has 0 aliphatic carbocycles. The normalized spacial score (nSPS) is 16.7. The standard InChI is InChI=1S/C29H23N3O3/c1-35-22-15-13-20(14-16-22)26-17-24(19-7-3-2-4-8-19)30-32(26)27(33)18-31-25-12-6-10-21-9-5-11-23(28(21)25)29(31)34/h2-16,26H,17-18H2,1H3/t26-/m1/s1. The highest BCUT2D eigenvalue weighted by molar-refractivity contribution is 6.26. The number of nitrogens with zero attached hydrogens (tertiary/aromatic N) is 3. The zero-order valence-corrected chi connectivity index (χ0v) is 19.2. The van der Waals surface area contributed by atoms with Gasteiger partial charge < -0.3 is 4.74 Å². The molecule has 6 nitrogen and oxygen atoms in total. The Bertz CT molecular complexity index is 1470. The summed E-state index contributed by atoms with van der Waals surface area (Å²) in [5.74, 6) is 0.370. The highest BCUT2D eigenvalue weighted by Gasteiger charge is 2.37. The van der Waals surface area contributed by atoms with Crippen molar-refractivity contribution in [1.29, 1.82) is 0 Å². The van der Waals surface area contributed by atoms with E-state index >= 15 is 0 Å². The monoisotopic (exact) mass is 461 g/mol. The molecule has 0 bridgehead atoms. The lowest BCUT2D eigenvalue weighted by Crippen LogP contribution is -2.39. The number of rotatable bonds is 5. The number of hydrogen-bond donors (Lipinski definition) is 0. The van der Waals surface area contributed by atoms with Gasteiger partial charge in [0.05, 0.1) is 24.6 Å². The van der Waals surface area contributed by atoms with Crippen LogP contribution in [-0.2, 0) is 4.79 Å². The highest BCUT2D eigenvalue weighted by Crippen LogP contribution is 2.38. The van der Waals surface area contributed by atoms with Crippen molar-refractivity contribution in [3.63, 3.8) is 0 Å². The molecule has 172 valence electrons. The summed E-state index contributed by atoms with van der Waals surface area (Å²) in [7, 11) is 1.63. The first kappa shape index (κ1) is 21.1. The van der Waals surface area contributed by atoms with Gasteiger partial charge in [0.25, 0.3) is 11.8 Å². The van der Waals surface area contributed by atoms with Crippen LogP contribution in [0.15, 0.2) is 96.1 Å². The first-order valence-electron chi connectivity index (χ1n) is 11.6. The first-order valence-corrected chi connectivity index (χ1v) is 11.6. The average molecular weight is 462 g/mol. The van der Waals surface area contributed by atoms with E-state index in [0.717, 1.165) is 39.0 Å². The second-order valence-corrected chi connectivity index (χ2v) is 8.72. The van der Waals surface area contributed by atoms with E-state index in [1.807, 2.05) is 91.0 Å². The molecule has 0 N–H and O–H groups in total. The maximum Gasteiger partial charge on any atom is 0.263 e. The van der Waals surface area contributed by atoms with Gasteiger partial charge in [0, 0.05) is 17.4 Å². The van der Waals surface area contributed by atoms with Crippen LogP contribution in [0.25, 0.3) is 10.8 Å². The zero-order chi connectivity index (χ0) is 23.9. The predicted octanol–water partition coefficient (Wildman–Crippen LogP) is 5.19. The van der Waals surface area contributed by atoms with Crippen LogP contribution in [-0.4, -0.2) is 36.2 Å². The number of amides is 2. The number of carbonyl (C=O) groups excluding carboxylic acids is 2. The molecule has 0 saturated carbocycles. The molecule has 2 amide bonds. The lowest BCUT2D eigenvalue weighted by molar-refractivity contribution is -0.131. The SMILES string of the molecule is COc1ccc([C@H]2CC(c3ccccc3)=NN2C(=O)CN2C(=O)c3cccc4cccc2c34)cc1. The largest absolute Gasteiger partial charge is 0.497 e. The van der Waals surface area contributed by atoms with Gasteiger partial charge in [0.2, 0.25) is 0 Å². The number of carbonyl (C=O) groups is 2. The molecule has 1 atom stereocenters. The zero-order valence-electron chi connectivity index (χ0n) is 19.2. The molecule has 0 spiro atoms. The number of benzene rings is 4. The van der Waals surface area contributed by atoms with Crippen molar-refractivity contribution in [2.24, 2.45) is 5.10 Å². The summed E-state index contributed by atoms with van der Waals surface area (Å²) in [6.07, 6.45) is 0.589. The molecule has 4 aromatic rings. The lowest BCUT2D eigenvalue weighted by Gasteiger charge is -2.25. The van der Waals surface area contributed by atoms with Crippen molar-refractivity contribution in [1.82, 2.24) is 5.01 Å². The minimum absolute atomic E-state index is 0.0785. The number of methoxy groups -OCH3 is 1. The number of hydrogen-bond acceptors (Lipinski definition) is 4.